The molecule has 1 aromatic rings. The predicted octanol–water partition coefficient (Wildman–Crippen LogP) is 2.11. The van der Waals surface area contributed by atoms with Crippen molar-refractivity contribution in [3.05, 3.63) is 27.6 Å². The molecule has 1 heterocycles. The van der Waals surface area contributed by atoms with Crippen molar-refractivity contribution < 1.29 is 28.0 Å². The highest BCUT2D eigenvalue weighted by atomic mass is 19.3. The molecule has 0 amide bonds. The minimum absolute atomic E-state index is 0.00463. The number of ether oxygens (including phenoxy) is 2. The van der Waals surface area contributed by atoms with Gasteiger partial charge in [-0.05, 0) is 6.92 Å². The summed E-state index contributed by atoms with van der Waals surface area (Å²) >= 11 is 0. The van der Waals surface area contributed by atoms with Gasteiger partial charge in [-0.15, -0.1) is 0 Å². The number of carbonyl (C=O) groups excluding carboxylic acids is 1. The Balaban J connectivity index is 3.43. The number of esters is 1. The number of alkyl halides is 2. The van der Waals surface area contributed by atoms with Crippen LogP contribution >= 0.6 is 0 Å². The minimum Gasteiger partial charge on any atom is -0.494 e. The van der Waals surface area contributed by atoms with Crippen LogP contribution in [-0.2, 0) is 4.74 Å². The van der Waals surface area contributed by atoms with Crippen LogP contribution in [0.25, 0.3) is 0 Å². The molecule has 104 valence electrons. The summed E-state index contributed by atoms with van der Waals surface area (Å²) in [5, 5.41) is 10.7. The zero-order valence-electron chi connectivity index (χ0n) is 10.1. The summed E-state index contributed by atoms with van der Waals surface area (Å²) in [7, 11) is 1.13. The normalized spacial score (nSPS) is 10.4. The number of carbonyl (C=O) groups is 1. The monoisotopic (exact) mass is 276 g/mol. The Bertz CT molecular complexity index is 507. The maximum atomic E-state index is 12.7. The third-order valence-electron chi connectivity index (χ3n) is 2.09. The smallest absolute Gasteiger partial charge is 0.360 e. The highest BCUT2D eigenvalue weighted by Gasteiger charge is 2.29. The van der Waals surface area contributed by atoms with E-state index < -0.39 is 34.4 Å². The molecular weight excluding hydrogens is 266 g/mol. The van der Waals surface area contributed by atoms with Gasteiger partial charge in [0.2, 0.25) is 0 Å². The highest BCUT2D eigenvalue weighted by molar-refractivity contribution is 5.90. The molecule has 1 rings (SSSR count). The number of rotatable bonds is 5. The lowest BCUT2D eigenvalue weighted by Crippen LogP contribution is -2.12. The molecule has 0 aliphatic rings. The van der Waals surface area contributed by atoms with Crippen LogP contribution < -0.4 is 4.74 Å². The number of methoxy groups -OCH3 is 1. The Morgan fingerprint density at radius 3 is 2.63 bits per heavy atom. The number of hydrogen-bond acceptors (Lipinski definition) is 6. The van der Waals surface area contributed by atoms with Crippen molar-refractivity contribution in [3.8, 4) is 5.75 Å². The maximum Gasteiger partial charge on any atom is 0.360 e. The van der Waals surface area contributed by atoms with Crippen LogP contribution in [0.2, 0.25) is 0 Å². The first-order chi connectivity index (χ1) is 8.92. The lowest BCUT2D eigenvalue weighted by atomic mass is 10.2. The molecule has 0 saturated heterocycles. The molecule has 0 N–H and O–H groups in total. The Morgan fingerprint density at radius 1 is 1.58 bits per heavy atom. The molecule has 9 heteroatoms. The molecule has 0 saturated carbocycles. The summed E-state index contributed by atoms with van der Waals surface area (Å²) in [6.07, 6.45) is -3.19. The van der Waals surface area contributed by atoms with Crippen LogP contribution in [0.4, 0.5) is 14.5 Å². The van der Waals surface area contributed by atoms with Crippen molar-refractivity contribution in [2.45, 2.75) is 13.3 Å². The highest BCUT2D eigenvalue weighted by Crippen LogP contribution is 2.32. The summed E-state index contributed by atoms with van der Waals surface area (Å²) in [6.45, 7) is 1.52. The zero-order valence-corrected chi connectivity index (χ0v) is 10.1. The second-order valence-corrected chi connectivity index (χ2v) is 3.22. The summed E-state index contributed by atoms with van der Waals surface area (Å²) in [6, 6.07) is 0.723. The molecule has 0 bridgehead atoms. The van der Waals surface area contributed by atoms with E-state index in [0.717, 1.165) is 13.2 Å². The number of nitrogens with zero attached hydrogens (tertiary/aromatic N) is 2. The van der Waals surface area contributed by atoms with Gasteiger partial charge in [0.15, 0.2) is 17.1 Å². The first-order valence-electron chi connectivity index (χ1n) is 5.10. The second kappa shape index (κ2) is 6.03. The predicted molar refractivity (Wildman–Crippen MR) is 58.4 cm³/mol. The Kier molecular flexibility index (Phi) is 4.67. The Morgan fingerprint density at radius 2 is 2.21 bits per heavy atom. The second-order valence-electron chi connectivity index (χ2n) is 3.22. The van der Waals surface area contributed by atoms with Gasteiger partial charge in [0.05, 0.1) is 24.7 Å². The molecular formula is C10H10F2N2O5. The first kappa shape index (κ1) is 14.7. The summed E-state index contributed by atoms with van der Waals surface area (Å²) in [4.78, 5) is 24.4. The van der Waals surface area contributed by atoms with E-state index in [1.54, 1.807) is 0 Å². The van der Waals surface area contributed by atoms with Crippen molar-refractivity contribution in [3.63, 3.8) is 0 Å². The van der Waals surface area contributed by atoms with Crippen LogP contribution in [0.3, 0.4) is 0 Å². The van der Waals surface area contributed by atoms with Crippen LogP contribution in [0.5, 0.6) is 5.75 Å². The molecule has 19 heavy (non-hydrogen) atoms. The van der Waals surface area contributed by atoms with Gasteiger partial charge in [-0.3, -0.25) is 10.1 Å². The fourth-order valence-electron chi connectivity index (χ4n) is 1.31. The molecule has 0 aliphatic carbocycles. The van der Waals surface area contributed by atoms with Gasteiger partial charge in [-0.2, -0.15) is 0 Å². The third-order valence-corrected chi connectivity index (χ3v) is 2.09. The van der Waals surface area contributed by atoms with Crippen molar-refractivity contribution in [2.24, 2.45) is 0 Å². The topological polar surface area (TPSA) is 91.6 Å². The number of pyridine rings is 1. The first-order valence-corrected chi connectivity index (χ1v) is 5.10. The van der Waals surface area contributed by atoms with Crippen molar-refractivity contribution >= 4 is 11.7 Å². The van der Waals surface area contributed by atoms with E-state index in [9.17, 15) is 23.7 Å². The Hall–Kier alpha value is -2.32. The summed E-state index contributed by atoms with van der Waals surface area (Å²) in [5.74, 6) is -1.29. The Labute approximate surface area is 106 Å². The van der Waals surface area contributed by atoms with Crippen molar-refractivity contribution in [1.82, 2.24) is 4.98 Å². The van der Waals surface area contributed by atoms with E-state index in [4.69, 9.17) is 4.74 Å². The zero-order chi connectivity index (χ0) is 14.6. The molecule has 0 aromatic carbocycles. The van der Waals surface area contributed by atoms with Gasteiger partial charge >= 0.3 is 5.97 Å². The van der Waals surface area contributed by atoms with Crippen LogP contribution in [0.1, 0.15) is 29.5 Å². The molecule has 1 aromatic heterocycles. The summed E-state index contributed by atoms with van der Waals surface area (Å²) in [5.41, 5.74) is -2.54. The summed E-state index contributed by atoms with van der Waals surface area (Å²) < 4.78 is 34.7. The lowest BCUT2D eigenvalue weighted by Gasteiger charge is -2.09. The third kappa shape index (κ3) is 3.12. The number of aromatic nitrogens is 1. The fourth-order valence-corrected chi connectivity index (χ4v) is 1.31. The van der Waals surface area contributed by atoms with Crippen LogP contribution in [0, 0.1) is 10.1 Å². The van der Waals surface area contributed by atoms with E-state index in [-0.39, 0.29) is 12.4 Å². The van der Waals surface area contributed by atoms with Crippen molar-refractivity contribution in [2.75, 3.05) is 13.7 Å². The lowest BCUT2D eigenvalue weighted by molar-refractivity contribution is -0.386. The van der Waals surface area contributed by atoms with Gasteiger partial charge in [0.1, 0.15) is 0 Å². The van der Waals surface area contributed by atoms with E-state index in [0.29, 0.717) is 0 Å². The maximum absolute atomic E-state index is 12.7. The number of halogens is 2. The van der Waals surface area contributed by atoms with Gasteiger partial charge in [-0.25, -0.2) is 18.6 Å². The molecule has 0 spiro atoms. The average molecular weight is 276 g/mol. The molecule has 0 aliphatic heterocycles. The largest absolute Gasteiger partial charge is 0.494 e. The molecule has 0 atom stereocenters. The minimum atomic E-state index is -3.19. The SMILES string of the molecule is CCOC(=O)c1nc(C(F)F)c([N+](=O)[O-])cc1OC. The molecule has 7 nitrogen and oxygen atoms in total. The molecule has 0 fully saturated rings. The van der Waals surface area contributed by atoms with E-state index in [2.05, 4.69) is 9.72 Å². The number of hydrogen-bond donors (Lipinski definition) is 0. The molecule has 0 radical (unpaired) electrons. The van der Waals surface area contributed by atoms with Gasteiger partial charge < -0.3 is 9.47 Å². The van der Waals surface area contributed by atoms with Gasteiger partial charge in [0.25, 0.3) is 12.1 Å². The van der Waals surface area contributed by atoms with E-state index in [1.807, 2.05) is 0 Å². The van der Waals surface area contributed by atoms with E-state index in [1.165, 1.54) is 6.92 Å². The van der Waals surface area contributed by atoms with Gasteiger partial charge in [-0.1, -0.05) is 0 Å². The van der Waals surface area contributed by atoms with Crippen molar-refractivity contribution in [1.29, 1.82) is 0 Å². The van der Waals surface area contributed by atoms with Gasteiger partial charge in [0, 0.05) is 0 Å². The fraction of sp³-hybridized carbons (Fsp3) is 0.400. The number of nitro groups is 1. The van der Waals surface area contributed by atoms with Crippen LogP contribution in [-0.4, -0.2) is 29.6 Å². The standard InChI is InChI=1S/C10H10F2N2O5/c1-3-19-10(15)8-6(18-2)4-5(14(16)17)7(13-8)9(11)12/h4,9H,3H2,1-2H3. The van der Waals surface area contributed by atoms with Crippen LogP contribution in [0.15, 0.2) is 6.07 Å². The van der Waals surface area contributed by atoms with E-state index >= 15 is 0 Å². The quantitative estimate of drug-likeness (QED) is 0.464. The average Bonchev–Trinajstić information content (AvgIpc) is 2.37. The molecule has 0 unspecified atom stereocenters.